The molecule has 0 saturated carbocycles. The van der Waals surface area contributed by atoms with E-state index in [4.69, 9.17) is 16.3 Å². The first kappa shape index (κ1) is 32.2. The maximum atomic E-state index is 13.7. The van der Waals surface area contributed by atoms with Crippen LogP contribution in [0.1, 0.15) is 44.2 Å². The Morgan fingerprint density at radius 3 is 2.26 bits per heavy atom. The smallest absolute Gasteiger partial charge is 0.416 e. The minimum absolute atomic E-state index is 0.0591. The highest BCUT2D eigenvalue weighted by atomic mass is 35.5. The van der Waals surface area contributed by atoms with E-state index in [1.165, 1.54) is 12.0 Å². The number of anilines is 1. The summed E-state index contributed by atoms with van der Waals surface area (Å²) in [5, 5.41) is 2.51. The van der Waals surface area contributed by atoms with Crippen LogP contribution in [0.5, 0.6) is 5.75 Å². The molecule has 1 atom stereocenters. The summed E-state index contributed by atoms with van der Waals surface area (Å²) in [6.45, 7) is 3.13. The number of ether oxygens (including phenoxy) is 1. The number of hydrogen-bond acceptors (Lipinski definition) is 5. The molecule has 2 aromatic carbocycles. The summed E-state index contributed by atoms with van der Waals surface area (Å²) in [6, 6.07) is 7.99. The third kappa shape index (κ3) is 9.03. The highest BCUT2D eigenvalue weighted by Gasteiger charge is 2.35. The molecule has 1 N–H and O–H groups in total. The van der Waals surface area contributed by atoms with Gasteiger partial charge < -0.3 is 15.0 Å². The van der Waals surface area contributed by atoms with Gasteiger partial charge in [0.15, 0.2) is 0 Å². The number of halogens is 4. The second kappa shape index (κ2) is 13.9. The van der Waals surface area contributed by atoms with E-state index in [1.54, 1.807) is 31.2 Å². The number of carbonyl (C=O) groups excluding carboxylic acids is 2. The molecule has 0 saturated heterocycles. The summed E-state index contributed by atoms with van der Waals surface area (Å²) in [4.78, 5) is 27.9. The van der Waals surface area contributed by atoms with Gasteiger partial charge in [0, 0.05) is 13.1 Å². The molecule has 0 heterocycles. The second-order valence-corrected chi connectivity index (χ2v) is 11.2. The number of amides is 2. The van der Waals surface area contributed by atoms with Crippen LogP contribution in [0.15, 0.2) is 42.5 Å². The Morgan fingerprint density at radius 1 is 1.10 bits per heavy atom. The lowest BCUT2D eigenvalue weighted by Gasteiger charge is -2.33. The number of methoxy groups -OCH3 is 1. The standard InChI is InChI=1S/C26H33ClF3N3O5S/c1-5-7-14-31-25(35)22(6-2)32(16-18-8-11-20(38-3)12-9-18)24(34)17-33(39(4,36)37)23-15-19(26(28,29)30)10-13-21(23)27/h8-13,15,22H,5-7,14,16-17H2,1-4H3,(H,31,35). The van der Waals surface area contributed by atoms with Crippen molar-refractivity contribution in [3.05, 3.63) is 58.6 Å². The predicted octanol–water partition coefficient (Wildman–Crippen LogP) is 4.86. The van der Waals surface area contributed by atoms with Crippen molar-refractivity contribution in [1.82, 2.24) is 10.2 Å². The molecule has 0 bridgehead atoms. The van der Waals surface area contributed by atoms with Gasteiger partial charge in [0.1, 0.15) is 18.3 Å². The van der Waals surface area contributed by atoms with E-state index in [1.807, 2.05) is 6.92 Å². The summed E-state index contributed by atoms with van der Waals surface area (Å²) in [5.74, 6) is -0.638. The van der Waals surface area contributed by atoms with E-state index in [2.05, 4.69) is 5.32 Å². The van der Waals surface area contributed by atoms with Crippen LogP contribution in [0.3, 0.4) is 0 Å². The zero-order valence-corrected chi connectivity index (χ0v) is 23.8. The molecule has 0 aliphatic carbocycles. The fourth-order valence-corrected chi connectivity index (χ4v) is 4.95. The van der Waals surface area contributed by atoms with Gasteiger partial charge in [0.25, 0.3) is 0 Å². The van der Waals surface area contributed by atoms with E-state index in [0.29, 0.717) is 28.2 Å². The van der Waals surface area contributed by atoms with Crippen LogP contribution in [-0.4, -0.2) is 57.6 Å². The number of sulfonamides is 1. The third-order valence-corrected chi connectivity index (χ3v) is 7.39. The van der Waals surface area contributed by atoms with Gasteiger partial charge in [-0.15, -0.1) is 0 Å². The van der Waals surface area contributed by atoms with Gasteiger partial charge in [-0.3, -0.25) is 13.9 Å². The van der Waals surface area contributed by atoms with Crippen molar-refractivity contribution in [2.75, 3.05) is 30.8 Å². The van der Waals surface area contributed by atoms with Crippen LogP contribution in [0, 0.1) is 0 Å². The fourth-order valence-electron chi connectivity index (χ4n) is 3.83. The van der Waals surface area contributed by atoms with Crippen LogP contribution in [0.25, 0.3) is 0 Å². The number of nitrogens with one attached hydrogen (secondary N) is 1. The van der Waals surface area contributed by atoms with Gasteiger partial charge in [-0.2, -0.15) is 13.2 Å². The first-order chi connectivity index (χ1) is 18.2. The molecule has 13 heteroatoms. The normalized spacial score (nSPS) is 12.5. The minimum atomic E-state index is -4.77. The molecule has 1 unspecified atom stereocenters. The zero-order chi connectivity index (χ0) is 29.4. The van der Waals surface area contributed by atoms with E-state index >= 15 is 0 Å². The number of rotatable bonds is 13. The summed E-state index contributed by atoms with van der Waals surface area (Å²) >= 11 is 6.11. The van der Waals surface area contributed by atoms with Crippen molar-refractivity contribution >= 4 is 39.1 Å². The molecule has 0 aromatic heterocycles. The molecule has 8 nitrogen and oxygen atoms in total. The number of benzene rings is 2. The molecule has 2 rings (SSSR count). The highest BCUT2D eigenvalue weighted by molar-refractivity contribution is 7.92. The van der Waals surface area contributed by atoms with E-state index in [0.717, 1.165) is 31.2 Å². The quantitative estimate of drug-likeness (QED) is 0.336. The van der Waals surface area contributed by atoms with Crippen molar-refractivity contribution < 1.29 is 35.9 Å². The summed E-state index contributed by atoms with van der Waals surface area (Å²) < 4.78 is 71.2. The lowest BCUT2D eigenvalue weighted by Crippen LogP contribution is -2.52. The Morgan fingerprint density at radius 2 is 1.74 bits per heavy atom. The maximum absolute atomic E-state index is 13.7. The number of unbranched alkanes of at least 4 members (excludes halogenated alkanes) is 1. The molecule has 0 radical (unpaired) electrons. The van der Waals surface area contributed by atoms with Crippen molar-refractivity contribution in [3.8, 4) is 5.75 Å². The maximum Gasteiger partial charge on any atom is 0.416 e. The van der Waals surface area contributed by atoms with Crippen molar-refractivity contribution in [2.24, 2.45) is 0 Å². The van der Waals surface area contributed by atoms with Crippen molar-refractivity contribution in [1.29, 1.82) is 0 Å². The molecular weight excluding hydrogens is 559 g/mol. The third-order valence-electron chi connectivity index (χ3n) is 5.95. The summed E-state index contributed by atoms with van der Waals surface area (Å²) in [5.41, 5.74) is -0.987. The first-order valence-electron chi connectivity index (χ1n) is 12.3. The fraction of sp³-hybridized carbons (Fsp3) is 0.462. The molecular formula is C26H33ClF3N3O5S. The first-order valence-corrected chi connectivity index (χ1v) is 14.5. The van der Waals surface area contributed by atoms with E-state index in [-0.39, 0.29) is 18.0 Å². The molecule has 0 spiro atoms. The zero-order valence-electron chi connectivity index (χ0n) is 22.2. The molecule has 2 aromatic rings. The average molecular weight is 592 g/mol. The molecule has 2 amide bonds. The van der Waals surface area contributed by atoms with Crippen LogP contribution < -0.4 is 14.4 Å². The van der Waals surface area contributed by atoms with Crippen LogP contribution in [0.2, 0.25) is 5.02 Å². The Hall–Kier alpha value is -2.99. The lowest BCUT2D eigenvalue weighted by molar-refractivity contribution is -0.140. The molecule has 216 valence electrons. The van der Waals surface area contributed by atoms with Crippen molar-refractivity contribution in [3.63, 3.8) is 0 Å². The number of carbonyl (C=O) groups is 2. The van der Waals surface area contributed by atoms with Gasteiger partial charge in [-0.25, -0.2) is 8.42 Å². The van der Waals surface area contributed by atoms with Crippen LogP contribution in [0.4, 0.5) is 18.9 Å². The topological polar surface area (TPSA) is 96.0 Å². The largest absolute Gasteiger partial charge is 0.497 e. The van der Waals surface area contributed by atoms with Gasteiger partial charge in [0.2, 0.25) is 21.8 Å². The molecule has 0 aliphatic heterocycles. The number of nitrogens with zero attached hydrogens (tertiary/aromatic N) is 2. The summed E-state index contributed by atoms with van der Waals surface area (Å²) in [7, 11) is -2.77. The van der Waals surface area contributed by atoms with Gasteiger partial charge in [0.05, 0.1) is 29.6 Å². The Bertz CT molecular complexity index is 1240. The Labute approximate surface area is 232 Å². The Balaban J connectivity index is 2.51. The van der Waals surface area contributed by atoms with Crippen molar-refractivity contribution in [2.45, 2.75) is 51.9 Å². The summed E-state index contributed by atoms with van der Waals surface area (Å²) in [6.07, 6.45) is -2.23. The van der Waals surface area contributed by atoms with Crippen LogP contribution >= 0.6 is 11.6 Å². The molecule has 0 fully saturated rings. The number of alkyl halides is 3. The minimum Gasteiger partial charge on any atom is -0.497 e. The second-order valence-electron chi connectivity index (χ2n) is 8.87. The predicted molar refractivity (Wildman–Crippen MR) is 144 cm³/mol. The van der Waals surface area contributed by atoms with Crippen LogP contribution in [-0.2, 0) is 32.3 Å². The van der Waals surface area contributed by atoms with Gasteiger partial charge >= 0.3 is 6.18 Å². The highest BCUT2D eigenvalue weighted by Crippen LogP contribution is 2.36. The average Bonchev–Trinajstić information content (AvgIpc) is 2.86. The number of hydrogen-bond donors (Lipinski definition) is 1. The monoisotopic (exact) mass is 591 g/mol. The SMILES string of the molecule is CCCCNC(=O)C(CC)N(Cc1ccc(OC)cc1)C(=O)CN(c1cc(C(F)(F)F)ccc1Cl)S(C)(=O)=O. The Kier molecular flexibility index (Phi) is 11.5. The van der Waals surface area contributed by atoms with Gasteiger partial charge in [-0.05, 0) is 48.7 Å². The molecule has 39 heavy (non-hydrogen) atoms. The molecule has 0 aliphatic rings. The van der Waals surface area contributed by atoms with Gasteiger partial charge in [-0.1, -0.05) is 44.0 Å². The van der Waals surface area contributed by atoms with E-state index in [9.17, 15) is 31.2 Å². The van der Waals surface area contributed by atoms with E-state index < -0.39 is 51.9 Å². The lowest BCUT2D eigenvalue weighted by atomic mass is 10.1.